The van der Waals surface area contributed by atoms with Gasteiger partial charge in [0.05, 0.1) is 35.1 Å². The van der Waals surface area contributed by atoms with Crippen molar-refractivity contribution in [3.8, 4) is 0 Å². The van der Waals surface area contributed by atoms with Crippen LogP contribution in [-0.2, 0) is 9.53 Å². The summed E-state index contributed by atoms with van der Waals surface area (Å²) in [5, 5.41) is 14.1. The Morgan fingerprint density at radius 2 is 1.85 bits per heavy atom. The van der Waals surface area contributed by atoms with Gasteiger partial charge >= 0.3 is 5.97 Å². The number of nitrogens with zero attached hydrogens (tertiary/aromatic N) is 1. The number of benzene rings is 2. The molecule has 0 radical (unpaired) electrons. The molecule has 1 unspecified atom stereocenters. The molecule has 0 heterocycles. The predicted molar refractivity (Wildman–Crippen MR) is 96.4 cm³/mol. The van der Waals surface area contributed by atoms with Crippen molar-refractivity contribution in [3.63, 3.8) is 0 Å². The molecule has 0 fully saturated rings. The van der Waals surface area contributed by atoms with Crippen LogP contribution >= 0.6 is 23.2 Å². The number of esters is 1. The molecule has 2 rings (SSSR count). The van der Waals surface area contributed by atoms with Crippen molar-refractivity contribution < 1.29 is 19.2 Å². The highest BCUT2D eigenvalue weighted by atomic mass is 35.5. The fourth-order valence-corrected chi connectivity index (χ4v) is 2.56. The van der Waals surface area contributed by atoms with E-state index in [0.29, 0.717) is 10.6 Å². The predicted octanol–water partition coefficient (Wildman–Crippen LogP) is 3.94. The molecule has 26 heavy (non-hydrogen) atoms. The normalized spacial score (nSPS) is 11.5. The molecule has 1 atom stereocenters. The highest BCUT2D eigenvalue weighted by Gasteiger charge is 2.22. The van der Waals surface area contributed by atoms with Gasteiger partial charge in [0.2, 0.25) is 0 Å². The van der Waals surface area contributed by atoms with Crippen molar-refractivity contribution >= 4 is 40.8 Å². The first-order chi connectivity index (χ1) is 12.3. The summed E-state index contributed by atoms with van der Waals surface area (Å²) in [7, 11) is 1.24. The topological polar surface area (TPSA) is 98.5 Å². The van der Waals surface area contributed by atoms with Crippen molar-refractivity contribution in [2.45, 2.75) is 12.5 Å². The summed E-state index contributed by atoms with van der Waals surface area (Å²) >= 11 is 11.8. The summed E-state index contributed by atoms with van der Waals surface area (Å²) in [6, 6.07) is 9.38. The van der Waals surface area contributed by atoms with Gasteiger partial charge in [-0.05, 0) is 23.8 Å². The van der Waals surface area contributed by atoms with Gasteiger partial charge < -0.3 is 10.1 Å². The third-order valence-electron chi connectivity index (χ3n) is 3.58. The largest absolute Gasteiger partial charge is 0.469 e. The number of hydrogen-bond donors (Lipinski definition) is 1. The Hall–Kier alpha value is -2.64. The average molecular weight is 397 g/mol. The molecule has 0 spiro atoms. The maximum Gasteiger partial charge on any atom is 0.307 e. The van der Waals surface area contributed by atoms with Crippen molar-refractivity contribution in [1.82, 2.24) is 5.32 Å². The second kappa shape index (κ2) is 8.64. The lowest BCUT2D eigenvalue weighted by Gasteiger charge is -2.18. The van der Waals surface area contributed by atoms with Crippen LogP contribution in [0, 0.1) is 10.1 Å². The molecule has 136 valence electrons. The summed E-state index contributed by atoms with van der Waals surface area (Å²) in [6.45, 7) is 0. The first-order valence-corrected chi connectivity index (χ1v) is 8.14. The fourth-order valence-electron chi connectivity index (χ4n) is 2.23. The number of non-ortho nitro benzene ring substituents is 1. The van der Waals surface area contributed by atoms with Crippen LogP contribution in [-0.4, -0.2) is 23.9 Å². The molecule has 9 heteroatoms. The highest BCUT2D eigenvalue weighted by molar-refractivity contribution is 6.34. The second-order valence-electron chi connectivity index (χ2n) is 5.28. The van der Waals surface area contributed by atoms with E-state index in [-0.39, 0.29) is 22.7 Å². The molecule has 0 aromatic heterocycles. The number of halogens is 2. The van der Waals surface area contributed by atoms with Crippen LogP contribution in [0.1, 0.15) is 28.4 Å². The van der Waals surface area contributed by atoms with E-state index < -0.39 is 22.8 Å². The number of carbonyl (C=O) groups is 2. The minimum Gasteiger partial charge on any atom is -0.469 e. The lowest BCUT2D eigenvalue weighted by molar-refractivity contribution is -0.384. The first kappa shape index (κ1) is 19.7. The van der Waals surface area contributed by atoms with Gasteiger partial charge in [0.25, 0.3) is 11.6 Å². The number of nitro groups is 1. The number of hydrogen-bond acceptors (Lipinski definition) is 5. The summed E-state index contributed by atoms with van der Waals surface area (Å²) in [4.78, 5) is 34.5. The van der Waals surface area contributed by atoms with Crippen molar-refractivity contribution in [2.24, 2.45) is 0 Å². The molecule has 2 aromatic carbocycles. The lowest BCUT2D eigenvalue weighted by Crippen LogP contribution is -2.30. The Kier molecular flexibility index (Phi) is 6.54. The van der Waals surface area contributed by atoms with E-state index in [1.54, 1.807) is 24.3 Å². The zero-order valence-corrected chi connectivity index (χ0v) is 15.1. The van der Waals surface area contributed by atoms with E-state index in [4.69, 9.17) is 23.2 Å². The molecule has 7 nitrogen and oxygen atoms in total. The Labute approximate surface area is 159 Å². The van der Waals surface area contributed by atoms with Gasteiger partial charge in [-0.2, -0.15) is 0 Å². The minimum atomic E-state index is -0.720. The summed E-state index contributed by atoms with van der Waals surface area (Å²) < 4.78 is 4.66. The SMILES string of the molecule is COC(=O)CC(NC(=O)c1cc([N+](=O)[O-])ccc1Cl)c1ccc(Cl)cc1. The zero-order valence-electron chi connectivity index (χ0n) is 13.6. The van der Waals surface area contributed by atoms with Crippen molar-refractivity contribution in [3.05, 3.63) is 73.8 Å². The smallest absolute Gasteiger partial charge is 0.307 e. The molecule has 1 N–H and O–H groups in total. The number of amides is 1. The third kappa shape index (κ3) is 4.93. The Bertz CT molecular complexity index is 840. The second-order valence-corrected chi connectivity index (χ2v) is 6.12. The fraction of sp³-hybridized carbons (Fsp3) is 0.176. The number of ether oxygens (including phenoxy) is 1. The van der Waals surface area contributed by atoms with Gasteiger partial charge in [0, 0.05) is 17.2 Å². The molecule has 0 saturated heterocycles. The Morgan fingerprint density at radius 1 is 1.19 bits per heavy atom. The zero-order chi connectivity index (χ0) is 19.3. The van der Waals surface area contributed by atoms with Crippen LogP contribution in [0.5, 0.6) is 0 Å². The summed E-state index contributed by atoms with van der Waals surface area (Å²) in [5.74, 6) is -1.18. The summed E-state index contributed by atoms with van der Waals surface area (Å²) in [5.41, 5.74) is 0.287. The quantitative estimate of drug-likeness (QED) is 0.452. The molecule has 0 saturated carbocycles. The van der Waals surface area contributed by atoms with Crippen LogP contribution in [0.3, 0.4) is 0 Å². The Morgan fingerprint density at radius 3 is 2.42 bits per heavy atom. The van der Waals surface area contributed by atoms with Crippen molar-refractivity contribution in [2.75, 3.05) is 7.11 Å². The molecule has 2 aromatic rings. The molecule has 0 bridgehead atoms. The van der Waals surface area contributed by atoms with Crippen molar-refractivity contribution in [1.29, 1.82) is 0 Å². The van der Waals surface area contributed by atoms with E-state index in [1.165, 1.54) is 19.2 Å². The molecular formula is C17H14Cl2N2O5. The highest BCUT2D eigenvalue weighted by Crippen LogP contribution is 2.25. The van der Waals surface area contributed by atoms with Crippen LogP contribution in [0.25, 0.3) is 0 Å². The van der Waals surface area contributed by atoms with Gasteiger partial charge in [-0.1, -0.05) is 35.3 Å². The Balaban J connectivity index is 2.31. The van der Waals surface area contributed by atoms with E-state index in [9.17, 15) is 19.7 Å². The number of carbonyl (C=O) groups excluding carboxylic acids is 2. The van der Waals surface area contributed by atoms with Gasteiger partial charge in [-0.15, -0.1) is 0 Å². The van der Waals surface area contributed by atoms with Crippen LogP contribution in [0.4, 0.5) is 5.69 Å². The van der Waals surface area contributed by atoms with Crippen LogP contribution in [0.2, 0.25) is 10.0 Å². The number of rotatable bonds is 6. The molecule has 0 aliphatic carbocycles. The van der Waals surface area contributed by atoms with Gasteiger partial charge in [-0.25, -0.2) is 0 Å². The van der Waals surface area contributed by atoms with Gasteiger partial charge in [0.15, 0.2) is 0 Å². The molecule has 0 aliphatic rings. The number of nitrogens with one attached hydrogen (secondary N) is 1. The molecule has 0 aliphatic heterocycles. The molecular weight excluding hydrogens is 383 g/mol. The maximum absolute atomic E-state index is 12.6. The summed E-state index contributed by atoms with van der Waals surface area (Å²) in [6.07, 6.45) is -0.129. The van der Waals surface area contributed by atoms with Gasteiger partial charge in [-0.3, -0.25) is 19.7 Å². The monoisotopic (exact) mass is 396 g/mol. The van der Waals surface area contributed by atoms with E-state index in [2.05, 4.69) is 10.1 Å². The first-order valence-electron chi connectivity index (χ1n) is 7.39. The maximum atomic E-state index is 12.6. The third-order valence-corrected chi connectivity index (χ3v) is 4.16. The van der Waals surface area contributed by atoms with E-state index in [1.807, 2.05) is 0 Å². The standard InChI is InChI=1S/C17H14Cl2N2O5/c1-26-16(22)9-15(10-2-4-11(18)5-3-10)20-17(23)13-8-12(21(24)25)6-7-14(13)19/h2-8,15H,9H2,1H3,(H,20,23). The molecule has 1 amide bonds. The van der Waals surface area contributed by atoms with E-state index in [0.717, 1.165) is 6.07 Å². The van der Waals surface area contributed by atoms with E-state index >= 15 is 0 Å². The van der Waals surface area contributed by atoms with Gasteiger partial charge in [0.1, 0.15) is 0 Å². The average Bonchev–Trinajstić information content (AvgIpc) is 2.61. The van der Waals surface area contributed by atoms with Crippen LogP contribution in [0.15, 0.2) is 42.5 Å². The lowest BCUT2D eigenvalue weighted by atomic mass is 10.0. The van der Waals surface area contributed by atoms with Crippen LogP contribution < -0.4 is 5.32 Å². The minimum absolute atomic E-state index is 0.0565. The number of nitro benzene ring substituents is 1. The number of methoxy groups -OCH3 is 1.